The molecule has 0 atom stereocenters. The Balaban J connectivity index is 2.27. The van der Waals surface area contributed by atoms with Gasteiger partial charge < -0.3 is 5.73 Å². The molecule has 0 aliphatic carbocycles. The summed E-state index contributed by atoms with van der Waals surface area (Å²) < 4.78 is 10.3. The van der Waals surface area contributed by atoms with Gasteiger partial charge >= 0.3 is 5.76 Å². The normalized spacial score (nSPS) is 10.8. The maximum atomic E-state index is 11.6. The molecule has 2 N–H and O–H groups in total. The zero-order chi connectivity index (χ0) is 11.8. The maximum Gasteiger partial charge on any atom is 0.446 e. The highest BCUT2D eigenvalue weighted by atomic mass is 32.1. The highest BCUT2D eigenvalue weighted by Crippen LogP contribution is 2.22. The van der Waals surface area contributed by atoms with Crippen LogP contribution in [0.15, 0.2) is 30.8 Å². The van der Waals surface area contributed by atoms with Crippen molar-refractivity contribution in [2.24, 2.45) is 0 Å². The first kappa shape index (κ1) is 9.78. The zero-order valence-electron chi connectivity index (χ0n) is 8.23. The molecule has 17 heavy (non-hydrogen) atoms. The summed E-state index contributed by atoms with van der Waals surface area (Å²) in [7, 11) is 0. The van der Waals surface area contributed by atoms with Gasteiger partial charge in [0, 0.05) is 5.38 Å². The standard InChI is InChI=1S/C8H5N5O3S/c9-6-5(10-16-11-6)7-12-15-8(14)13(7)4-1-2-17-3-4/h1-3H,(H2,9,11). The number of nitrogen functional groups attached to an aromatic ring is 1. The Labute approximate surface area is 97.2 Å². The van der Waals surface area contributed by atoms with Crippen LogP contribution in [0.25, 0.3) is 17.2 Å². The SMILES string of the molecule is Nc1nonc1-c1noc(=O)n1-c1ccsc1. The van der Waals surface area contributed by atoms with Gasteiger partial charge in [-0.25, -0.2) is 14.0 Å². The van der Waals surface area contributed by atoms with E-state index in [1.54, 1.807) is 11.4 Å². The Morgan fingerprint density at radius 2 is 2.24 bits per heavy atom. The minimum atomic E-state index is -0.624. The van der Waals surface area contributed by atoms with Crippen LogP contribution in [0, 0.1) is 0 Å². The number of hydrogen-bond acceptors (Lipinski definition) is 8. The third kappa shape index (κ3) is 1.44. The van der Waals surface area contributed by atoms with E-state index in [1.165, 1.54) is 15.9 Å². The number of nitrogens with zero attached hydrogens (tertiary/aromatic N) is 4. The summed E-state index contributed by atoms with van der Waals surface area (Å²) in [6, 6.07) is 1.75. The van der Waals surface area contributed by atoms with Gasteiger partial charge in [0.2, 0.25) is 5.82 Å². The average molecular weight is 251 g/mol. The molecule has 0 saturated heterocycles. The van der Waals surface area contributed by atoms with Crippen LogP contribution in [0.3, 0.4) is 0 Å². The fourth-order valence-corrected chi connectivity index (χ4v) is 1.98. The van der Waals surface area contributed by atoms with Crippen LogP contribution in [0.5, 0.6) is 0 Å². The Bertz CT molecular complexity index is 695. The first-order valence-corrected chi connectivity index (χ1v) is 5.41. The summed E-state index contributed by atoms with van der Waals surface area (Å²) in [6.07, 6.45) is 0. The maximum absolute atomic E-state index is 11.6. The molecular weight excluding hydrogens is 246 g/mol. The van der Waals surface area contributed by atoms with Crippen LogP contribution >= 0.6 is 11.3 Å². The van der Waals surface area contributed by atoms with Crippen LogP contribution in [-0.2, 0) is 0 Å². The van der Waals surface area contributed by atoms with Crippen LogP contribution in [0.2, 0.25) is 0 Å². The largest absolute Gasteiger partial charge is 0.446 e. The predicted molar refractivity (Wildman–Crippen MR) is 57.7 cm³/mol. The number of hydrogen-bond donors (Lipinski definition) is 1. The smallest absolute Gasteiger partial charge is 0.379 e. The molecule has 3 heterocycles. The molecule has 0 aliphatic heterocycles. The summed E-state index contributed by atoms with van der Waals surface area (Å²) in [5.74, 6) is -0.421. The third-order valence-corrected chi connectivity index (χ3v) is 2.77. The van der Waals surface area contributed by atoms with E-state index in [1.807, 2.05) is 5.38 Å². The summed E-state index contributed by atoms with van der Waals surface area (Å²) in [5, 5.41) is 14.2. The second kappa shape index (κ2) is 3.56. The minimum Gasteiger partial charge on any atom is -0.379 e. The number of anilines is 1. The van der Waals surface area contributed by atoms with Crippen molar-refractivity contribution in [1.29, 1.82) is 0 Å². The molecule has 0 unspecified atom stereocenters. The van der Waals surface area contributed by atoms with E-state index in [0.717, 1.165) is 0 Å². The molecule has 0 saturated carbocycles. The Kier molecular flexibility index (Phi) is 2.05. The molecule has 0 amide bonds. The highest BCUT2D eigenvalue weighted by molar-refractivity contribution is 7.08. The summed E-state index contributed by atoms with van der Waals surface area (Å²) in [6.45, 7) is 0. The first-order valence-electron chi connectivity index (χ1n) is 4.47. The quantitative estimate of drug-likeness (QED) is 0.706. The topological polar surface area (TPSA) is 113 Å². The predicted octanol–water partition coefficient (Wildman–Crippen LogP) is 0.519. The molecule has 0 aliphatic rings. The fraction of sp³-hybridized carbons (Fsp3) is 0. The van der Waals surface area contributed by atoms with Crippen molar-refractivity contribution in [3.63, 3.8) is 0 Å². The molecule has 9 heteroatoms. The number of aromatic nitrogens is 4. The Hall–Kier alpha value is -2.42. The van der Waals surface area contributed by atoms with Crippen LogP contribution in [0.4, 0.5) is 5.82 Å². The lowest BCUT2D eigenvalue weighted by atomic mass is 10.4. The van der Waals surface area contributed by atoms with Crippen LogP contribution in [-0.4, -0.2) is 20.0 Å². The van der Waals surface area contributed by atoms with E-state index in [-0.39, 0.29) is 17.3 Å². The van der Waals surface area contributed by atoms with Gasteiger partial charge in [0.25, 0.3) is 0 Å². The molecule has 86 valence electrons. The molecule has 0 bridgehead atoms. The van der Waals surface area contributed by atoms with Gasteiger partial charge in [-0.2, -0.15) is 11.3 Å². The van der Waals surface area contributed by atoms with Gasteiger partial charge in [0.05, 0.1) is 5.69 Å². The van der Waals surface area contributed by atoms with Crippen LogP contribution < -0.4 is 11.5 Å². The van der Waals surface area contributed by atoms with Crippen molar-refractivity contribution in [2.75, 3.05) is 5.73 Å². The van der Waals surface area contributed by atoms with Gasteiger partial charge in [-0.3, -0.25) is 4.52 Å². The summed E-state index contributed by atoms with van der Waals surface area (Å²) in [5.41, 5.74) is 6.33. The van der Waals surface area contributed by atoms with E-state index >= 15 is 0 Å². The fourth-order valence-electron chi connectivity index (χ4n) is 1.36. The van der Waals surface area contributed by atoms with E-state index < -0.39 is 5.76 Å². The van der Waals surface area contributed by atoms with Gasteiger partial charge in [-0.1, -0.05) is 5.16 Å². The molecule has 3 aromatic rings. The number of rotatable bonds is 2. The van der Waals surface area contributed by atoms with Gasteiger partial charge in [0.15, 0.2) is 11.5 Å². The molecule has 0 spiro atoms. The van der Waals surface area contributed by atoms with E-state index in [9.17, 15) is 4.79 Å². The van der Waals surface area contributed by atoms with Crippen molar-refractivity contribution >= 4 is 17.2 Å². The van der Waals surface area contributed by atoms with Crippen molar-refractivity contribution in [2.45, 2.75) is 0 Å². The molecule has 0 fully saturated rings. The molecule has 0 aromatic carbocycles. The molecule has 8 nitrogen and oxygen atoms in total. The molecule has 0 radical (unpaired) electrons. The van der Waals surface area contributed by atoms with Crippen molar-refractivity contribution in [1.82, 2.24) is 20.0 Å². The van der Waals surface area contributed by atoms with E-state index in [0.29, 0.717) is 5.69 Å². The lowest BCUT2D eigenvalue weighted by Crippen LogP contribution is -2.12. The molecule has 3 aromatic heterocycles. The molecule has 3 rings (SSSR count). The van der Waals surface area contributed by atoms with Gasteiger partial charge in [-0.15, -0.1) is 0 Å². The second-order valence-electron chi connectivity index (χ2n) is 3.09. The van der Waals surface area contributed by atoms with Crippen molar-refractivity contribution in [3.05, 3.63) is 27.4 Å². The Morgan fingerprint density at radius 3 is 2.88 bits per heavy atom. The van der Waals surface area contributed by atoms with E-state index in [2.05, 4.69) is 24.6 Å². The van der Waals surface area contributed by atoms with Crippen molar-refractivity contribution < 1.29 is 9.15 Å². The van der Waals surface area contributed by atoms with Crippen LogP contribution in [0.1, 0.15) is 0 Å². The number of nitrogens with two attached hydrogens (primary N) is 1. The monoisotopic (exact) mass is 251 g/mol. The third-order valence-electron chi connectivity index (χ3n) is 2.09. The second-order valence-corrected chi connectivity index (χ2v) is 3.87. The minimum absolute atomic E-state index is 0.0438. The van der Waals surface area contributed by atoms with Gasteiger partial charge in [-0.05, 0) is 21.8 Å². The lowest BCUT2D eigenvalue weighted by Gasteiger charge is -1.97. The Morgan fingerprint density at radius 1 is 1.35 bits per heavy atom. The number of thiophene rings is 1. The molecular formula is C8H5N5O3S. The first-order chi connectivity index (χ1) is 8.27. The zero-order valence-corrected chi connectivity index (χ0v) is 9.05. The summed E-state index contributed by atoms with van der Waals surface area (Å²) in [4.78, 5) is 11.6. The van der Waals surface area contributed by atoms with Gasteiger partial charge in [0.1, 0.15) is 0 Å². The highest BCUT2D eigenvalue weighted by Gasteiger charge is 2.21. The van der Waals surface area contributed by atoms with E-state index in [4.69, 9.17) is 5.73 Å². The summed E-state index contributed by atoms with van der Waals surface area (Å²) >= 11 is 1.44. The van der Waals surface area contributed by atoms with Crippen molar-refractivity contribution in [3.8, 4) is 17.2 Å². The lowest BCUT2D eigenvalue weighted by molar-refractivity contribution is 0.310. The average Bonchev–Trinajstić information content (AvgIpc) is 2.98.